The van der Waals surface area contributed by atoms with Crippen LogP contribution >= 0.6 is 0 Å². The van der Waals surface area contributed by atoms with E-state index in [1.807, 2.05) is 18.2 Å². The number of fused-ring (bicyclic) bond motifs is 1. The second-order valence-electron chi connectivity index (χ2n) is 5.93. The molecule has 0 radical (unpaired) electrons. The van der Waals surface area contributed by atoms with Crippen LogP contribution in [0.25, 0.3) is 0 Å². The lowest BCUT2D eigenvalue weighted by atomic mass is 9.95. The average molecular weight is 327 g/mol. The van der Waals surface area contributed by atoms with E-state index in [0.29, 0.717) is 25.3 Å². The molecule has 0 saturated heterocycles. The van der Waals surface area contributed by atoms with Gasteiger partial charge >= 0.3 is 0 Å². The predicted octanol–water partition coefficient (Wildman–Crippen LogP) is 1.11. The lowest BCUT2D eigenvalue weighted by Crippen LogP contribution is -2.53. The molecule has 1 aliphatic heterocycles. The van der Waals surface area contributed by atoms with Gasteiger partial charge in [-0.05, 0) is 36.6 Å². The minimum Gasteiger partial charge on any atom is -0.467 e. The Morgan fingerprint density at radius 3 is 2.79 bits per heavy atom. The molecule has 0 spiro atoms. The van der Waals surface area contributed by atoms with Crippen LogP contribution in [0.3, 0.4) is 0 Å². The molecule has 1 aromatic carbocycles. The van der Waals surface area contributed by atoms with Gasteiger partial charge in [-0.25, -0.2) is 0 Å². The molecule has 6 nitrogen and oxygen atoms in total. The summed E-state index contributed by atoms with van der Waals surface area (Å²) in [6.07, 6.45) is 2.18. The third-order valence-electron chi connectivity index (χ3n) is 4.17. The highest BCUT2D eigenvalue weighted by molar-refractivity contribution is 5.89. The van der Waals surface area contributed by atoms with E-state index in [0.717, 1.165) is 0 Å². The van der Waals surface area contributed by atoms with Gasteiger partial charge in [-0.3, -0.25) is 9.59 Å². The summed E-state index contributed by atoms with van der Waals surface area (Å²) in [6.45, 7) is 2.64. The molecule has 24 heavy (non-hydrogen) atoms. The van der Waals surface area contributed by atoms with Gasteiger partial charge in [0.05, 0.1) is 18.8 Å². The number of amides is 2. The number of benzene rings is 1. The standard InChI is InChI=1S/C18H21N3O3/c1-12(17(22)20-11-15-7-4-8-24-15)21-18(23)16-9-13-5-2-3-6-14(13)10-19-16/h2-8,12,16,19H,9-11H2,1H3,(H,20,22)(H,21,23)/t12-,16-/m0/s1. The van der Waals surface area contributed by atoms with Gasteiger partial charge in [0, 0.05) is 6.54 Å². The van der Waals surface area contributed by atoms with Crippen molar-refractivity contribution in [1.29, 1.82) is 0 Å². The van der Waals surface area contributed by atoms with E-state index in [1.54, 1.807) is 25.3 Å². The van der Waals surface area contributed by atoms with E-state index in [9.17, 15) is 9.59 Å². The monoisotopic (exact) mass is 327 g/mol. The summed E-state index contributed by atoms with van der Waals surface area (Å²) in [4.78, 5) is 24.5. The van der Waals surface area contributed by atoms with Crippen LogP contribution in [0.4, 0.5) is 0 Å². The summed E-state index contributed by atoms with van der Waals surface area (Å²) in [7, 11) is 0. The third-order valence-corrected chi connectivity index (χ3v) is 4.17. The fourth-order valence-electron chi connectivity index (χ4n) is 2.76. The summed E-state index contributed by atoms with van der Waals surface area (Å²) < 4.78 is 5.16. The molecule has 0 bridgehead atoms. The molecule has 0 fully saturated rings. The minimum absolute atomic E-state index is 0.162. The first kappa shape index (κ1) is 16.3. The van der Waals surface area contributed by atoms with Crippen molar-refractivity contribution in [3.05, 3.63) is 59.5 Å². The number of rotatable bonds is 5. The fourth-order valence-corrected chi connectivity index (χ4v) is 2.76. The first-order valence-corrected chi connectivity index (χ1v) is 8.04. The van der Waals surface area contributed by atoms with Gasteiger partial charge in [0.1, 0.15) is 11.8 Å². The van der Waals surface area contributed by atoms with Gasteiger partial charge in [0.25, 0.3) is 0 Å². The molecule has 0 saturated carbocycles. The van der Waals surface area contributed by atoms with Crippen molar-refractivity contribution in [2.24, 2.45) is 0 Å². The Balaban J connectivity index is 1.50. The SMILES string of the molecule is C[C@H](NC(=O)[C@@H]1Cc2ccccc2CN1)C(=O)NCc1ccco1. The van der Waals surface area contributed by atoms with E-state index in [-0.39, 0.29) is 17.9 Å². The van der Waals surface area contributed by atoms with Crippen LogP contribution in [-0.2, 0) is 29.1 Å². The first-order chi connectivity index (χ1) is 11.6. The Labute approximate surface area is 140 Å². The molecule has 126 valence electrons. The number of carbonyl (C=O) groups is 2. The van der Waals surface area contributed by atoms with Gasteiger partial charge in [-0.1, -0.05) is 24.3 Å². The molecule has 6 heteroatoms. The molecule has 0 unspecified atom stereocenters. The zero-order valence-electron chi connectivity index (χ0n) is 13.5. The lowest BCUT2D eigenvalue weighted by molar-refractivity contribution is -0.129. The maximum absolute atomic E-state index is 12.4. The van der Waals surface area contributed by atoms with E-state index in [4.69, 9.17) is 4.42 Å². The highest BCUT2D eigenvalue weighted by Gasteiger charge is 2.26. The van der Waals surface area contributed by atoms with E-state index >= 15 is 0 Å². The summed E-state index contributed by atoms with van der Waals surface area (Å²) in [5.74, 6) is 0.272. The van der Waals surface area contributed by atoms with E-state index in [1.165, 1.54) is 11.1 Å². The van der Waals surface area contributed by atoms with Crippen molar-refractivity contribution in [3.8, 4) is 0 Å². The molecule has 2 heterocycles. The third kappa shape index (κ3) is 3.83. The Bertz CT molecular complexity index is 712. The predicted molar refractivity (Wildman–Crippen MR) is 88.9 cm³/mol. The molecule has 2 aromatic rings. The number of hydrogen-bond donors (Lipinski definition) is 3. The molecule has 1 aromatic heterocycles. The van der Waals surface area contributed by atoms with Crippen LogP contribution < -0.4 is 16.0 Å². The van der Waals surface area contributed by atoms with Crippen LogP contribution in [0, 0.1) is 0 Å². The van der Waals surface area contributed by atoms with Gasteiger partial charge in [0.15, 0.2) is 0 Å². The maximum atomic E-state index is 12.4. The normalized spacial score (nSPS) is 17.6. The van der Waals surface area contributed by atoms with Crippen molar-refractivity contribution in [3.63, 3.8) is 0 Å². The van der Waals surface area contributed by atoms with Crippen LogP contribution in [0.1, 0.15) is 23.8 Å². The smallest absolute Gasteiger partial charge is 0.242 e. The van der Waals surface area contributed by atoms with Crippen LogP contribution in [0.2, 0.25) is 0 Å². The van der Waals surface area contributed by atoms with Crippen LogP contribution in [-0.4, -0.2) is 23.9 Å². The summed E-state index contributed by atoms with van der Waals surface area (Å²) in [5, 5.41) is 8.72. The summed E-state index contributed by atoms with van der Waals surface area (Å²) >= 11 is 0. The second-order valence-corrected chi connectivity index (χ2v) is 5.93. The minimum atomic E-state index is -0.605. The van der Waals surface area contributed by atoms with Crippen molar-refractivity contribution in [2.45, 2.75) is 38.5 Å². The Hall–Kier alpha value is -2.60. The van der Waals surface area contributed by atoms with Crippen molar-refractivity contribution in [1.82, 2.24) is 16.0 Å². The first-order valence-electron chi connectivity index (χ1n) is 8.04. The maximum Gasteiger partial charge on any atom is 0.242 e. The van der Waals surface area contributed by atoms with Crippen molar-refractivity contribution < 1.29 is 14.0 Å². The van der Waals surface area contributed by atoms with Gasteiger partial charge in [0.2, 0.25) is 11.8 Å². The van der Waals surface area contributed by atoms with Crippen molar-refractivity contribution in [2.75, 3.05) is 0 Å². The molecule has 0 aliphatic carbocycles. The molecule has 3 N–H and O–H groups in total. The fraction of sp³-hybridized carbons (Fsp3) is 0.333. The van der Waals surface area contributed by atoms with Crippen LogP contribution in [0.15, 0.2) is 47.1 Å². The highest BCUT2D eigenvalue weighted by atomic mass is 16.3. The largest absolute Gasteiger partial charge is 0.467 e. The lowest BCUT2D eigenvalue weighted by Gasteiger charge is -2.26. The number of furan rings is 1. The zero-order chi connectivity index (χ0) is 16.9. The quantitative estimate of drug-likeness (QED) is 0.768. The molecule has 2 amide bonds. The van der Waals surface area contributed by atoms with E-state index < -0.39 is 6.04 Å². The highest BCUT2D eigenvalue weighted by Crippen LogP contribution is 2.16. The summed E-state index contributed by atoms with van der Waals surface area (Å²) in [5.41, 5.74) is 2.39. The Morgan fingerprint density at radius 1 is 1.25 bits per heavy atom. The molecule has 1 aliphatic rings. The molecular weight excluding hydrogens is 306 g/mol. The summed E-state index contributed by atoms with van der Waals surface area (Å²) in [6, 6.07) is 10.7. The molecule has 2 atom stereocenters. The number of hydrogen-bond acceptors (Lipinski definition) is 4. The average Bonchev–Trinajstić information content (AvgIpc) is 3.12. The van der Waals surface area contributed by atoms with Gasteiger partial charge in [-0.15, -0.1) is 0 Å². The van der Waals surface area contributed by atoms with Gasteiger partial charge < -0.3 is 20.4 Å². The molecule has 3 rings (SSSR count). The molecular formula is C18H21N3O3. The van der Waals surface area contributed by atoms with Crippen LogP contribution in [0.5, 0.6) is 0 Å². The topological polar surface area (TPSA) is 83.4 Å². The Morgan fingerprint density at radius 2 is 2.04 bits per heavy atom. The Kier molecular flexibility index (Phi) is 4.96. The number of carbonyl (C=O) groups excluding carboxylic acids is 2. The zero-order valence-corrected chi connectivity index (χ0v) is 13.5. The van der Waals surface area contributed by atoms with E-state index in [2.05, 4.69) is 22.0 Å². The van der Waals surface area contributed by atoms with Gasteiger partial charge in [-0.2, -0.15) is 0 Å². The number of nitrogens with one attached hydrogen (secondary N) is 3. The van der Waals surface area contributed by atoms with Crippen molar-refractivity contribution >= 4 is 11.8 Å². The second kappa shape index (κ2) is 7.31.